The average molecular weight is 389 g/mol. The highest BCUT2D eigenvalue weighted by Gasteiger charge is 2.27. The quantitative estimate of drug-likeness (QED) is 0.335. The van der Waals surface area contributed by atoms with E-state index in [0.717, 1.165) is 0 Å². The van der Waals surface area contributed by atoms with Gasteiger partial charge in [-0.25, -0.2) is 9.79 Å². The molecule has 2 aromatic rings. The normalized spacial score (nSPS) is 14.7. The fourth-order valence-corrected chi connectivity index (χ4v) is 2.68. The molecule has 9 heteroatoms. The second-order valence-corrected chi connectivity index (χ2v) is 5.75. The van der Waals surface area contributed by atoms with Crippen molar-refractivity contribution in [1.29, 1.82) is 0 Å². The Morgan fingerprint density at radius 3 is 2.48 bits per heavy atom. The van der Waals surface area contributed by atoms with Crippen LogP contribution in [0, 0.1) is 10.1 Å². The topological polar surface area (TPSA) is 100 Å². The minimum Gasteiger partial charge on any atom is -0.493 e. The van der Waals surface area contributed by atoms with Crippen molar-refractivity contribution in [3.63, 3.8) is 0 Å². The van der Waals surface area contributed by atoms with Gasteiger partial charge >= 0.3 is 5.97 Å². The van der Waals surface area contributed by atoms with Gasteiger partial charge in [-0.15, -0.1) is 0 Å². The zero-order chi connectivity index (χ0) is 19.6. The highest BCUT2D eigenvalue weighted by atomic mass is 35.5. The van der Waals surface area contributed by atoms with Crippen molar-refractivity contribution in [2.75, 3.05) is 14.2 Å². The zero-order valence-electron chi connectivity index (χ0n) is 14.3. The fourth-order valence-electron chi connectivity index (χ4n) is 2.46. The van der Waals surface area contributed by atoms with Crippen molar-refractivity contribution in [2.24, 2.45) is 4.99 Å². The lowest BCUT2D eigenvalue weighted by Gasteiger charge is -2.08. The number of aliphatic imine (C=N–C) groups is 1. The molecule has 0 N–H and O–H groups in total. The average Bonchev–Trinajstić information content (AvgIpc) is 3.01. The van der Waals surface area contributed by atoms with Crippen LogP contribution in [0.1, 0.15) is 11.1 Å². The Labute approximate surface area is 158 Å². The molecule has 0 unspecified atom stereocenters. The number of esters is 1. The van der Waals surface area contributed by atoms with Gasteiger partial charge in [-0.05, 0) is 24.3 Å². The Kier molecular flexibility index (Phi) is 5.09. The summed E-state index contributed by atoms with van der Waals surface area (Å²) in [7, 11) is 2.77. The van der Waals surface area contributed by atoms with E-state index >= 15 is 0 Å². The lowest BCUT2D eigenvalue weighted by molar-refractivity contribution is -0.385. The van der Waals surface area contributed by atoms with Crippen LogP contribution < -0.4 is 9.47 Å². The molecule has 0 aliphatic carbocycles. The maximum atomic E-state index is 12.2. The highest BCUT2D eigenvalue weighted by molar-refractivity contribution is 6.34. The molecule has 27 heavy (non-hydrogen) atoms. The van der Waals surface area contributed by atoms with E-state index in [0.29, 0.717) is 10.6 Å². The van der Waals surface area contributed by atoms with E-state index in [1.165, 1.54) is 32.4 Å². The number of benzene rings is 2. The number of hydrogen-bond donors (Lipinski definition) is 0. The number of hydrogen-bond acceptors (Lipinski definition) is 7. The van der Waals surface area contributed by atoms with Gasteiger partial charge in [0.15, 0.2) is 17.2 Å². The Balaban J connectivity index is 2.09. The van der Waals surface area contributed by atoms with E-state index in [2.05, 4.69) is 4.99 Å². The Hall–Kier alpha value is -3.39. The van der Waals surface area contributed by atoms with Crippen molar-refractivity contribution in [3.05, 3.63) is 68.4 Å². The fraction of sp³-hybridized carbons (Fsp3) is 0.111. The molecule has 0 fully saturated rings. The molecule has 1 heterocycles. The lowest BCUT2D eigenvalue weighted by Crippen LogP contribution is -2.05. The van der Waals surface area contributed by atoms with Crippen LogP contribution in [-0.2, 0) is 9.53 Å². The summed E-state index contributed by atoms with van der Waals surface area (Å²) in [6.07, 6.45) is 1.26. The van der Waals surface area contributed by atoms with Crippen LogP contribution in [0.4, 0.5) is 5.69 Å². The summed E-state index contributed by atoms with van der Waals surface area (Å²) >= 11 is 6.09. The van der Waals surface area contributed by atoms with E-state index in [9.17, 15) is 14.9 Å². The molecule has 0 radical (unpaired) electrons. The molecule has 0 saturated carbocycles. The first-order chi connectivity index (χ1) is 12.9. The van der Waals surface area contributed by atoms with Crippen LogP contribution in [0.15, 0.2) is 47.1 Å². The Bertz CT molecular complexity index is 999. The number of nitro benzene ring substituents is 1. The standard InChI is InChI=1S/C18H13ClN2O6/c1-25-15-8-10(14(21(23)24)9-16(15)26-2)7-13-18(22)27-17(20-13)11-5-3-4-6-12(11)19/h3-9H,1-2H3/b13-7-. The summed E-state index contributed by atoms with van der Waals surface area (Å²) in [5.74, 6) is -0.244. The van der Waals surface area contributed by atoms with Crippen molar-refractivity contribution in [2.45, 2.75) is 0 Å². The summed E-state index contributed by atoms with van der Waals surface area (Å²) in [5.41, 5.74) is 0.195. The van der Waals surface area contributed by atoms with Crippen LogP contribution in [-0.4, -0.2) is 31.0 Å². The van der Waals surface area contributed by atoms with Crippen molar-refractivity contribution < 1.29 is 23.9 Å². The summed E-state index contributed by atoms with van der Waals surface area (Å²) in [4.78, 5) is 27.1. The van der Waals surface area contributed by atoms with Gasteiger partial charge in [0.05, 0.1) is 41.4 Å². The number of carbonyl (C=O) groups excluding carboxylic acids is 1. The van der Waals surface area contributed by atoms with Gasteiger partial charge in [-0.2, -0.15) is 0 Å². The smallest absolute Gasteiger partial charge is 0.363 e. The second kappa shape index (κ2) is 7.46. The van der Waals surface area contributed by atoms with Gasteiger partial charge in [0.25, 0.3) is 5.69 Å². The number of nitro groups is 1. The minimum absolute atomic E-state index is 0.0278. The second-order valence-electron chi connectivity index (χ2n) is 5.34. The summed E-state index contributed by atoms with van der Waals surface area (Å²) in [6.45, 7) is 0. The van der Waals surface area contributed by atoms with Gasteiger partial charge < -0.3 is 14.2 Å². The molecule has 1 aliphatic rings. The van der Waals surface area contributed by atoms with Gasteiger partial charge in [0.2, 0.25) is 5.90 Å². The van der Waals surface area contributed by atoms with E-state index in [4.69, 9.17) is 25.8 Å². The number of ether oxygens (including phenoxy) is 3. The molecule has 0 aromatic heterocycles. The first-order valence-electron chi connectivity index (χ1n) is 7.62. The van der Waals surface area contributed by atoms with Gasteiger partial charge in [-0.1, -0.05) is 23.7 Å². The van der Waals surface area contributed by atoms with Crippen molar-refractivity contribution in [3.8, 4) is 11.5 Å². The lowest BCUT2D eigenvalue weighted by atomic mass is 10.1. The van der Waals surface area contributed by atoms with Gasteiger partial charge in [0, 0.05) is 0 Å². The third-order valence-electron chi connectivity index (χ3n) is 3.75. The molecule has 1 aliphatic heterocycles. The van der Waals surface area contributed by atoms with Gasteiger partial charge in [-0.3, -0.25) is 10.1 Å². The van der Waals surface area contributed by atoms with E-state index < -0.39 is 10.9 Å². The van der Waals surface area contributed by atoms with Crippen molar-refractivity contribution >= 4 is 35.2 Å². The van der Waals surface area contributed by atoms with Crippen LogP contribution >= 0.6 is 11.6 Å². The number of cyclic esters (lactones) is 1. The summed E-state index contributed by atoms with van der Waals surface area (Å²) < 4.78 is 15.4. The molecular formula is C18H13ClN2O6. The van der Waals surface area contributed by atoms with Gasteiger partial charge in [0.1, 0.15) is 0 Å². The maximum Gasteiger partial charge on any atom is 0.363 e. The van der Waals surface area contributed by atoms with E-state index in [-0.39, 0.29) is 34.3 Å². The van der Waals surface area contributed by atoms with E-state index in [1.54, 1.807) is 24.3 Å². The van der Waals surface area contributed by atoms with E-state index in [1.807, 2.05) is 0 Å². The van der Waals surface area contributed by atoms with Crippen LogP contribution in [0.5, 0.6) is 11.5 Å². The number of methoxy groups -OCH3 is 2. The van der Waals surface area contributed by atoms with Crippen LogP contribution in [0.25, 0.3) is 6.08 Å². The SMILES string of the molecule is COc1cc(/C=C2\N=C(c3ccccc3Cl)OC2=O)c([N+](=O)[O-])cc1OC. The molecule has 0 saturated heterocycles. The predicted molar refractivity (Wildman–Crippen MR) is 98.3 cm³/mol. The highest BCUT2D eigenvalue weighted by Crippen LogP contribution is 2.36. The predicted octanol–water partition coefficient (Wildman–Crippen LogP) is 3.61. The minimum atomic E-state index is -0.742. The first kappa shape index (κ1) is 18.4. The van der Waals surface area contributed by atoms with Crippen LogP contribution in [0.3, 0.4) is 0 Å². The molecule has 0 bridgehead atoms. The monoisotopic (exact) mass is 388 g/mol. The first-order valence-corrected chi connectivity index (χ1v) is 8.00. The molecule has 3 rings (SSSR count). The molecule has 0 atom stereocenters. The zero-order valence-corrected chi connectivity index (χ0v) is 15.0. The maximum absolute atomic E-state index is 12.2. The van der Waals surface area contributed by atoms with Crippen LogP contribution in [0.2, 0.25) is 5.02 Å². The summed E-state index contributed by atoms with van der Waals surface area (Å²) in [6, 6.07) is 9.33. The summed E-state index contributed by atoms with van der Waals surface area (Å²) in [5, 5.41) is 11.7. The van der Waals surface area contributed by atoms with Crippen molar-refractivity contribution in [1.82, 2.24) is 0 Å². The number of carbonyl (C=O) groups is 1. The molecule has 0 spiro atoms. The molecule has 2 aromatic carbocycles. The third-order valence-corrected chi connectivity index (χ3v) is 4.08. The molecular weight excluding hydrogens is 376 g/mol. The largest absolute Gasteiger partial charge is 0.493 e. The Morgan fingerprint density at radius 2 is 1.85 bits per heavy atom. The molecule has 0 amide bonds. The molecule has 138 valence electrons. The third kappa shape index (κ3) is 3.61. The Morgan fingerprint density at radius 1 is 1.19 bits per heavy atom. The number of nitrogens with zero attached hydrogens (tertiary/aromatic N) is 2. The number of halogens is 1. The number of rotatable bonds is 5. The molecule has 8 nitrogen and oxygen atoms in total.